The lowest BCUT2D eigenvalue weighted by molar-refractivity contribution is -0.137. The second-order valence-electron chi connectivity index (χ2n) is 5.16. The molecule has 0 radical (unpaired) electrons. The lowest BCUT2D eigenvalue weighted by atomic mass is 9.99. The summed E-state index contributed by atoms with van der Waals surface area (Å²) in [6.45, 7) is 0. The number of aromatic nitrogens is 1. The van der Waals surface area contributed by atoms with Gasteiger partial charge in [-0.25, -0.2) is 4.79 Å². The summed E-state index contributed by atoms with van der Waals surface area (Å²) in [7, 11) is 1.27. The fourth-order valence-corrected chi connectivity index (χ4v) is 2.49. The van der Waals surface area contributed by atoms with Crippen molar-refractivity contribution in [3.05, 3.63) is 65.9 Å². The van der Waals surface area contributed by atoms with E-state index < -0.39 is 17.7 Å². The number of pyridine rings is 1. The first kappa shape index (κ1) is 16.0. The highest BCUT2D eigenvalue weighted by atomic mass is 19.4. The predicted octanol–water partition coefficient (Wildman–Crippen LogP) is 4.71. The van der Waals surface area contributed by atoms with Gasteiger partial charge in [0.05, 0.1) is 23.9 Å². The molecule has 0 aliphatic heterocycles. The maximum Gasteiger partial charge on any atom is 0.416 e. The monoisotopic (exact) mass is 331 g/mol. The summed E-state index contributed by atoms with van der Waals surface area (Å²) in [6.07, 6.45) is -3.32. The van der Waals surface area contributed by atoms with Crippen molar-refractivity contribution < 1.29 is 22.7 Å². The van der Waals surface area contributed by atoms with E-state index in [0.29, 0.717) is 16.5 Å². The van der Waals surface area contributed by atoms with Crippen LogP contribution < -0.4 is 0 Å². The van der Waals surface area contributed by atoms with Gasteiger partial charge in [0.1, 0.15) is 0 Å². The molecule has 0 aliphatic rings. The third kappa shape index (κ3) is 2.95. The number of rotatable bonds is 2. The van der Waals surface area contributed by atoms with Crippen LogP contribution in [-0.4, -0.2) is 18.1 Å². The van der Waals surface area contributed by atoms with E-state index in [9.17, 15) is 18.0 Å². The molecule has 0 bridgehead atoms. The Morgan fingerprint density at radius 2 is 1.88 bits per heavy atom. The van der Waals surface area contributed by atoms with Crippen molar-refractivity contribution in [2.75, 3.05) is 7.11 Å². The number of hydrogen-bond acceptors (Lipinski definition) is 3. The molecule has 0 unspecified atom stereocenters. The van der Waals surface area contributed by atoms with Gasteiger partial charge in [-0.1, -0.05) is 24.3 Å². The summed E-state index contributed by atoms with van der Waals surface area (Å²) >= 11 is 0. The maximum absolute atomic E-state index is 12.9. The lowest BCUT2D eigenvalue weighted by Crippen LogP contribution is -2.05. The van der Waals surface area contributed by atoms with Crippen LogP contribution in [0.15, 0.2) is 54.7 Å². The van der Waals surface area contributed by atoms with E-state index in [1.165, 1.54) is 7.11 Å². The molecule has 1 heterocycles. The van der Waals surface area contributed by atoms with Crippen LogP contribution in [0.2, 0.25) is 0 Å². The average molecular weight is 331 g/mol. The molecule has 3 rings (SSSR count). The smallest absolute Gasteiger partial charge is 0.416 e. The summed E-state index contributed by atoms with van der Waals surface area (Å²) in [5, 5.41) is 1.42. The summed E-state index contributed by atoms with van der Waals surface area (Å²) in [6, 6.07) is 12.1. The summed E-state index contributed by atoms with van der Waals surface area (Å²) in [5.41, 5.74) is 0.264. The molecule has 3 nitrogen and oxygen atoms in total. The molecule has 2 aromatic carbocycles. The minimum absolute atomic E-state index is 0.192. The highest BCUT2D eigenvalue weighted by molar-refractivity contribution is 6.01. The maximum atomic E-state index is 12.9. The number of methoxy groups -OCH3 is 1. The van der Waals surface area contributed by atoms with Crippen molar-refractivity contribution in [2.45, 2.75) is 6.18 Å². The van der Waals surface area contributed by atoms with E-state index in [2.05, 4.69) is 4.98 Å². The van der Waals surface area contributed by atoms with Crippen molar-refractivity contribution in [3.8, 4) is 11.3 Å². The number of nitrogens with zero attached hydrogens (tertiary/aromatic N) is 1. The highest BCUT2D eigenvalue weighted by Gasteiger charge is 2.30. The Hall–Kier alpha value is -2.89. The van der Waals surface area contributed by atoms with Crippen LogP contribution in [0, 0.1) is 0 Å². The van der Waals surface area contributed by atoms with E-state index in [1.807, 2.05) is 6.07 Å². The number of carbonyl (C=O) groups excluding carboxylic acids is 1. The van der Waals surface area contributed by atoms with Gasteiger partial charge in [-0.05, 0) is 35.0 Å². The van der Waals surface area contributed by atoms with Gasteiger partial charge in [-0.15, -0.1) is 0 Å². The van der Waals surface area contributed by atoms with Crippen LogP contribution in [0.3, 0.4) is 0 Å². The fraction of sp³-hybridized carbons (Fsp3) is 0.111. The van der Waals surface area contributed by atoms with Crippen LogP contribution in [0.5, 0.6) is 0 Å². The number of esters is 1. The largest absolute Gasteiger partial charge is 0.465 e. The van der Waals surface area contributed by atoms with Crippen molar-refractivity contribution in [2.24, 2.45) is 0 Å². The fourth-order valence-electron chi connectivity index (χ4n) is 2.49. The van der Waals surface area contributed by atoms with Crippen molar-refractivity contribution in [1.29, 1.82) is 0 Å². The van der Waals surface area contributed by atoms with Gasteiger partial charge in [0.15, 0.2) is 0 Å². The molecule has 0 N–H and O–H groups in total. The average Bonchev–Trinajstić information content (AvgIpc) is 2.59. The highest BCUT2D eigenvalue weighted by Crippen LogP contribution is 2.33. The minimum atomic E-state index is -4.44. The molecule has 0 atom stereocenters. The number of carbonyl (C=O) groups is 1. The van der Waals surface area contributed by atoms with Crippen molar-refractivity contribution in [3.63, 3.8) is 0 Å². The second-order valence-corrected chi connectivity index (χ2v) is 5.16. The Morgan fingerprint density at radius 3 is 2.58 bits per heavy atom. The lowest BCUT2D eigenvalue weighted by Gasteiger charge is -2.11. The first-order chi connectivity index (χ1) is 11.4. The van der Waals surface area contributed by atoms with E-state index in [0.717, 1.165) is 23.7 Å². The van der Waals surface area contributed by atoms with Crippen LogP contribution in [0.25, 0.3) is 22.0 Å². The molecular weight excluding hydrogens is 319 g/mol. The van der Waals surface area contributed by atoms with E-state index in [4.69, 9.17) is 4.74 Å². The van der Waals surface area contributed by atoms with Crippen LogP contribution in [0.1, 0.15) is 15.9 Å². The summed E-state index contributed by atoms with van der Waals surface area (Å²) in [4.78, 5) is 15.8. The number of hydrogen-bond donors (Lipinski definition) is 0. The van der Waals surface area contributed by atoms with Crippen molar-refractivity contribution >= 4 is 16.7 Å². The van der Waals surface area contributed by atoms with Gasteiger partial charge in [0.25, 0.3) is 0 Å². The molecule has 0 aliphatic carbocycles. The van der Waals surface area contributed by atoms with Gasteiger partial charge in [-0.2, -0.15) is 13.2 Å². The molecule has 0 saturated heterocycles. The Balaban J connectivity index is 2.21. The zero-order valence-electron chi connectivity index (χ0n) is 12.6. The van der Waals surface area contributed by atoms with Crippen LogP contribution in [-0.2, 0) is 10.9 Å². The number of alkyl halides is 3. The molecule has 6 heteroatoms. The molecular formula is C18H12F3NO2. The van der Waals surface area contributed by atoms with Gasteiger partial charge in [0, 0.05) is 11.8 Å². The Kier molecular flexibility index (Phi) is 3.97. The van der Waals surface area contributed by atoms with E-state index >= 15 is 0 Å². The molecule has 24 heavy (non-hydrogen) atoms. The molecule has 122 valence electrons. The van der Waals surface area contributed by atoms with Gasteiger partial charge >= 0.3 is 12.1 Å². The zero-order chi connectivity index (χ0) is 17.3. The molecule has 0 spiro atoms. The van der Waals surface area contributed by atoms with Gasteiger partial charge in [-0.3, -0.25) is 4.98 Å². The Morgan fingerprint density at radius 1 is 1.08 bits per heavy atom. The SMILES string of the molecule is COC(=O)c1ccc2cccc(-c3cc(C(F)(F)F)ccn3)c2c1. The quantitative estimate of drug-likeness (QED) is 0.639. The Labute approximate surface area is 135 Å². The number of halogens is 3. The number of fused-ring (bicyclic) bond motifs is 1. The standard InChI is InChI=1S/C18H12F3NO2/c1-24-17(23)12-6-5-11-3-2-4-14(15(11)9-12)16-10-13(7-8-22-16)18(19,20)21/h2-10H,1H3. The Bertz CT molecular complexity index is 920. The normalized spacial score (nSPS) is 11.5. The third-order valence-electron chi connectivity index (χ3n) is 3.67. The van der Waals surface area contributed by atoms with Crippen LogP contribution >= 0.6 is 0 Å². The molecule has 1 aromatic heterocycles. The number of benzene rings is 2. The van der Waals surface area contributed by atoms with Crippen LogP contribution in [0.4, 0.5) is 13.2 Å². The van der Waals surface area contributed by atoms with E-state index in [-0.39, 0.29) is 5.69 Å². The first-order valence-electron chi connectivity index (χ1n) is 7.05. The summed E-state index contributed by atoms with van der Waals surface area (Å²) < 4.78 is 43.5. The molecule has 3 aromatic rings. The molecule has 0 amide bonds. The number of ether oxygens (including phenoxy) is 1. The molecule has 0 saturated carbocycles. The molecule has 0 fully saturated rings. The minimum Gasteiger partial charge on any atom is -0.465 e. The summed E-state index contributed by atoms with van der Waals surface area (Å²) in [5.74, 6) is -0.510. The van der Waals surface area contributed by atoms with Gasteiger partial charge < -0.3 is 4.74 Å². The predicted molar refractivity (Wildman–Crippen MR) is 83.5 cm³/mol. The first-order valence-corrected chi connectivity index (χ1v) is 7.05. The topological polar surface area (TPSA) is 39.2 Å². The third-order valence-corrected chi connectivity index (χ3v) is 3.67. The second kappa shape index (κ2) is 5.96. The zero-order valence-corrected chi connectivity index (χ0v) is 12.6. The van der Waals surface area contributed by atoms with Gasteiger partial charge in [0.2, 0.25) is 0 Å². The van der Waals surface area contributed by atoms with E-state index in [1.54, 1.807) is 30.3 Å². The van der Waals surface area contributed by atoms with Crippen molar-refractivity contribution in [1.82, 2.24) is 4.98 Å².